The van der Waals surface area contributed by atoms with Crippen LogP contribution in [0.5, 0.6) is 0 Å². The minimum absolute atomic E-state index is 0.103. The van der Waals surface area contributed by atoms with Crippen molar-refractivity contribution >= 4 is 7.92 Å². The van der Waals surface area contributed by atoms with Crippen molar-refractivity contribution < 1.29 is 0 Å². The third-order valence-corrected chi connectivity index (χ3v) is 5.22. The van der Waals surface area contributed by atoms with Crippen molar-refractivity contribution in [3.8, 4) is 0 Å². The summed E-state index contributed by atoms with van der Waals surface area (Å²) >= 11 is 0. The predicted molar refractivity (Wildman–Crippen MR) is 71.1 cm³/mol. The summed E-state index contributed by atoms with van der Waals surface area (Å²) in [5.74, 6) is 0.798. The zero-order chi connectivity index (χ0) is 11.4. The Hall–Kier alpha value is -0.0900. The molecule has 1 nitrogen and oxygen atoms in total. The van der Waals surface area contributed by atoms with E-state index in [1.165, 1.54) is 12.8 Å². The molecule has 0 radical (unpaired) electrons. The van der Waals surface area contributed by atoms with E-state index >= 15 is 0 Å². The van der Waals surface area contributed by atoms with E-state index in [0.717, 1.165) is 11.6 Å². The molecule has 0 N–H and O–H groups in total. The van der Waals surface area contributed by atoms with E-state index < -0.39 is 0 Å². The van der Waals surface area contributed by atoms with Gasteiger partial charge in [-0.3, -0.25) is 0 Å². The highest BCUT2D eigenvalue weighted by Gasteiger charge is 2.28. The van der Waals surface area contributed by atoms with Crippen LogP contribution in [0.4, 0.5) is 0 Å². The maximum atomic E-state index is 3.35. The van der Waals surface area contributed by atoms with Crippen molar-refractivity contribution in [3.63, 3.8) is 0 Å². The second-order valence-electron chi connectivity index (χ2n) is 4.94. The van der Waals surface area contributed by atoms with Crippen LogP contribution >= 0.6 is 7.92 Å². The van der Waals surface area contributed by atoms with Crippen molar-refractivity contribution in [2.75, 3.05) is 27.4 Å². The fourth-order valence-electron chi connectivity index (χ4n) is 2.26. The molecule has 1 unspecified atom stereocenters. The Morgan fingerprint density at radius 1 is 1.40 bits per heavy atom. The van der Waals surface area contributed by atoms with Crippen LogP contribution in [0.1, 0.15) is 19.8 Å². The fraction of sp³-hybridized carbons (Fsp3) is 0.769. The summed E-state index contributed by atoms with van der Waals surface area (Å²) in [5, 5.41) is 0. The van der Waals surface area contributed by atoms with E-state index in [1.807, 2.05) is 0 Å². The van der Waals surface area contributed by atoms with E-state index in [-0.39, 0.29) is 7.92 Å². The van der Waals surface area contributed by atoms with Gasteiger partial charge in [-0.25, -0.2) is 0 Å². The Morgan fingerprint density at radius 3 is 2.60 bits per heavy atom. The Morgan fingerprint density at radius 2 is 2.07 bits per heavy atom. The van der Waals surface area contributed by atoms with Gasteiger partial charge in [0.1, 0.15) is 0 Å². The molecule has 0 saturated heterocycles. The van der Waals surface area contributed by atoms with Crippen LogP contribution < -0.4 is 0 Å². The van der Waals surface area contributed by atoms with E-state index in [2.05, 4.69) is 57.1 Å². The lowest BCUT2D eigenvalue weighted by atomic mass is 9.92. The lowest BCUT2D eigenvalue weighted by Crippen LogP contribution is -2.37. The van der Waals surface area contributed by atoms with Gasteiger partial charge >= 0.3 is 0 Å². The van der Waals surface area contributed by atoms with Gasteiger partial charge in [0.25, 0.3) is 0 Å². The van der Waals surface area contributed by atoms with Gasteiger partial charge in [0.2, 0.25) is 0 Å². The van der Waals surface area contributed by atoms with Crippen molar-refractivity contribution in [1.29, 1.82) is 0 Å². The van der Waals surface area contributed by atoms with Crippen molar-refractivity contribution in [3.05, 3.63) is 17.9 Å². The first kappa shape index (κ1) is 13.0. The lowest BCUT2D eigenvalue weighted by molar-refractivity contribution is 0.222. The summed E-state index contributed by atoms with van der Waals surface area (Å²) in [4.78, 5) is 2.36. The summed E-state index contributed by atoms with van der Waals surface area (Å²) in [5.41, 5.74) is 4.10. The Bertz CT molecular complexity index is 251. The van der Waals surface area contributed by atoms with Gasteiger partial charge in [-0.2, -0.15) is 0 Å². The van der Waals surface area contributed by atoms with Crippen LogP contribution in [-0.4, -0.2) is 44.0 Å². The normalized spacial score (nSPS) is 28.5. The van der Waals surface area contributed by atoms with E-state index in [0.29, 0.717) is 6.04 Å². The number of nitrogens with zero attached hydrogens (tertiary/aromatic N) is 1. The van der Waals surface area contributed by atoms with E-state index in [9.17, 15) is 0 Å². The molecule has 0 fully saturated rings. The van der Waals surface area contributed by atoms with Gasteiger partial charge in [0, 0.05) is 11.7 Å². The zero-order valence-electron chi connectivity index (χ0n) is 10.7. The number of hydrogen-bond acceptors (Lipinski definition) is 1. The monoisotopic (exact) mass is 225 g/mol. The molecular weight excluding hydrogens is 201 g/mol. The minimum atomic E-state index is 0.103. The van der Waals surface area contributed by atoms with Crippen molar-refractivity contribution in [2.45, 2.75) is 31.5 Å². The van der Waals surface area contributed by atoms with Crippen LogP contribution in [0, 0.1) is 5.92 Å². The van der Waals surface area contributed by atoms with Gasteiger partial charge < -0.3 is 4.90 Å². The van der Waals surface area contributed by atoms with Crippen LogP contribution in [0.2, 0.25) is 0 Å². The quantitative estimate of drug-likeness (QED) is 0.527. The smallest absolute Gasteiger partial charge is 0.00984 e. The summed E-state index contributed by atoms with van der Waals surface area (Å²) in [7, 11) is 4.49. The third kappa shape index (κ3) is 3.45. The molecule has 0 spiro atoms. The largest absolute Gasteiger partial charge is 0.306 e. The predicted octanol–water partition coefficient (Wildman–Crippen LogP) is 3.17. The fourth-order valence-corrected chi connectivity index (χ4v) is 3.81. The second-order valence-corrected chi connectivity index (χ2v) is 7.46. The highest BCUT2D eigenvalue weighted by molar-refractivity contribution is 7.57. The molecule has 1 aliphatic carbocycles. The Labute approximate surface area is 96.0 Å². The molecule has 0 aromatic rings. The molecule has 0 saturated carbocycles. The second kappa shape index (κ2) is 5.85. The molecule has 0 bridgehead atoms. The molecular formula is C13H24NP. The standard InChI is InChI=1S/C13H24NP/c1-11(14(2)3)12-9-7-6-8-10-13(12)15(4)5/h6,10-13H,7,9H2,1-5H3/t11-,12?,13+/m1/s1. The van der Waals surface area contributed by atoms with Gasteiger partial charge in [-0.05, 0) is 65.3 Å². The lowest BCUT2D eigenvalue weighted by Gasteiger charge is -2.35. The molecule has 15 heavy (non-hydrogen) atoms. The first-order valence-corrected chi connectivity index (χ1v) is 8.08. The van der Waals surface area contributed by atoms with Crippen molar-refractivity contribution in [2.24, 2.45) is 5.92 Å². The van der Waals surface area contributed by atoms with Gasteiger partial charge in [0.15, 0.2) is 0 Å². The van der Waals surface area contributed by atoms with Gasteiger partial charge in [0.05, 0.1) is 0 Å². The number of hydrogen-bond donors (Lipinski definition) is 0. The minimum Gasteiger partial charge on any atom is -0.306 e. The third-order valence-electron chi connectivity index (χ3n) is 3.50. The van der Waals surface area contributed by atoms with Crippen LogP contribution in [-0.2, 0) is 0 Å². The summed E-state index contributed by atoms with van der Waals surface area (Å²) < 4.78 is 0. The molecule has 0 aromatic heterocycles. The van der Waals surface area contributed by atoms with E-state index in [4.69, 9.17) is 0 Å². The SMILES string of the molecule is C[C@H](C1CCC=C=C[C@@H]1P(C)C)N(C)C. The molecule has 0 aliphatic heterocycles. The molecule has 86 valence electrons. The molecule has 1 rings (SSSR count). The zero-order valence-corrected chi connectivity index (χ0v) is 11.6. The maximum Gasteiger partial charge on any atom is 0.00984 e. The van der Waals surface area contributed by atoms with Crippen LogP contribution in [0.3, 0.4) is 0 Å². The van der Waals surface area contributed by atoms with Gasteiger partial charge in [-0.1, -0.05) is 0 Å². The van der Waals surface area contributed by atoms with Crippen molar-refractivity contribution in [1.82, 2.24) is 4.90 Å². The topological polar surface area (TPSA) is 3.24 Å². The van der Waals surface area contributed by atoms with Crippen LogP contribution in [0.25, 0.3) is 0 Å². The maximum absolute atomic E-state index is 3.35. The summed E-state index contributed by atoms with van der Waals surface area (Å²) in [6.07, 6.45) is 7.03. The van der Waals surface area contributed by atoms with Gasteiger partial charge in [-0.15, -0.1) is 13.7 Å². The first-order chi connectivity index (χ1) is 7.04. The number of allylic oxidation sites excluding steroid dienone is 1. The highest BCUT2D eigenvalue weighted by atomic mass is 31.1. The summed E-state index contributed by atoms with van der Waals surface area (Å²) in [6, 6.07) is 0.671. The average molecular weight is 225 g/mol. The molecule has 0 amide bonds. The Kier molecular flexibility index (Phi) is 5.06. The summed E-state index contributed by atoms with van der Waals surface area (Å²) in [6.45, 7) is 7.13. The van der Waals surface area contributed by atoms with E-state index in [1.54, 1.807) is 0 Å². The molecule has 3 atom stereocenters. The molecule has 1 aliphatic rings. The molecule has 0 aromatic carbocycles. The molecule has 0 heterocycles. The number of rotatable bonds is 3. The van der Waals surface area contributed by atoms with Crippen LogP contribution in [0.15, 0.2) is 17.9 Å². The highest BCUT2D eigenvalue weighted by Crippen LogP contribution is 2.42. The average Bonchev–Trinajstić information content (AvgIpc) is 2.40. The first-order valence-electron chi connectivity index (χ1n) is 5.78. The Balaban J connectivity index is 2.80. The molecule has 2 heteroatoms.